The minimum absolute atomic E-state index is 0.0688. The highest BCUT2D eigenvalue weighted by Crippen LogP contribution is 2.22. The molecule has 0 saturated carbocycles. The van der Waals surface area contributed by atoms with E-state index in [4.69, 9.17) is 4.74 Å². The van der Waals surface area contributed by atoms with E-state index < -0.39 is 0 Å². The number of aryl methyl sites for hydroxylation is 2. The number of hydrogen-bond donors (Lipinski definition) is 1. The first-order chi connectivity index (χ1) is 10.6. The number of nitrogens with one attached hydrogen (secondary N) is 1. The van der Waals surface area contributed by atoms with Crippen molar-refractivity contribution >= 4 is 6.03 Å². The van der Waals surface area contributed by atoms with Crippen molar-refractivity contribution in [3.63, 3.8) is 0 Å². The third-order valence-corrected chi connectivity index (χ3v) is 4.32. The van der Waals surface area contributed by atoms with Crippen LogP contribution in [0, 0.1) is 13.8 Å². The molecule has 4 heteroatoms. The van der Waals surface area contributed by atoms with Crippen LogP contribution in [-0.4, -0.2) is 36.7 Å². The average molecular weight is 304 g/mol. The van der Waals surface area contributed by atoms with Gasteiger partial charge in [0.1, 0.15) is 5.75 Å². The van der Waals surface area contributed by atoms with Gasteiger partial charge in [0.2, 0.25) is 0 Å². The van der Waals surface area contributed by atoms with E-state index in [1.165, 1.54) is 6.42 Å². The topological polar surface area (TPSA) is 41.6 Å². The quantitative estimate of drug-likeness (QED) is 0.844. The number of carbonyl (C=O) groups excluding carboxylic acids is 1. The summed E-state index contributed by atoms with van der Waals surface area (Å²) in [5.41, 5.74) is 2.32. The van der Waals surface area contributed by atoms with Crippen molar-refractivity contribution in [3.05, 3.63) is 29.3 Å². The standard InChI is InChI=1S/C18H28N2O2/c1-14-8-6-9-15(2)17(14)22-13-7-11-19-18(21)20-12-5-4-10-16(20)3/h6,8-9,16H,4-5,7,10-13H2,1-3H3,(H,19,21). The molecule has 1 aromatic rings. The predicted molar refractivity (Wildman–Crippen MR) is 89.4 cm³/mol. The molecule has 22 heavy (non-hydrogen) atoms. The minimum Gasteiger partial charge on any atom is -0.493 e. The number of piperidine rings is 1. The molecule has 1 atom stereocenters. The van der Waals surface area contributed by atoms with E-state index >= 15 is 0 Å². The number of rotatable bonds is 5. The van der Waals surface area contributed by atoms with Gasteiger partial charge in [-0.3, -0.25) is 0 Å². The largest absolute Gasteiger partial charge is 0.493 e. The highest BCUT2D eigenvalue weighted by molar-refractivity contribution is 5.74. The molecule has 1 N–H and O–H groups in total. The van der Waals surface area contributed by atoms with E-state index in [2.05, 4.69) is 38.2 Å². The van der Waals surface area contributed by atoms with Crippen LogP contribution in [0.5, 0.6) is 5.75 Å². The Kier molecular flexibility index (Phi) is 6.10. The van der Waals surface area contributed by atoms with Gasteiger partial charge in [0.15, 0.2) is 0 Å². The summed E-state index contributed by atoms with van der Waals surface area (Å²) in [7, 11) is 0. The van der Waals surface area contributed by atoms with Crippen molar-refractivity contribution in [2.45, 2.75) is 52.5 Å². The number of para-hydroxylation sites is 1. The van der Waals surface area contributed by atoms with Crippen LogP contribution in [0.3, 0.4) is 0 Å². The highest BCUT2D eigenvalue weighted by atomic mass is 16.5. The molecule has 2 amide bonds. The first-order valence-electron chi connectivity index (χ1n) is 8.33. The van der Waals surface area contributed by atoms with Gasteiger partial charge in [-0.1, -0.05) is 18.2 Å². The molecule has 1 saturated heterocycles. The third kappa shape index (κ3) is 4.39. The maximum Gasteiger partial charge on any atom is 0.317 e. The summed E-state index contributed by atoms with van der Waals surface area (Å²) in [4.78, 5) is 14.1. The highest BCUT2D eigenvalue weighted by Gasteiger charge is 2.22. The fourth-order valence-corrected chi connectivity index (χ4v) is 2.97. The molecular formula is C18H28N2O2. The minimum atomic E-state index is 0.0688. The SMILES string of the molecule is Cc1cccc(C)c1OCCCNC(=O)N1CCCCC1C. The zero-order chi connectivity index (χ0) is 15.9. The molecule has 2 rings (SSSR count). The fourth-order valence-electron chi connectivity index (χ4n) is 2.97. The van der Waals surface area contributed by atoms with Crippen molar-refractivity contribution < 1.29 is 9.53 Å². The van der Waals surface area contributed by atoms with E-state index in [1.807, 2.05) is 11.0 Å². The van der Waals surface area contributed by atoms with Crippen LogP contribution in [0.15, 0.2) is 18.2 Å². The Hall–Kier alpha value is -1.71. The van der Waals surface area contributed by atoms with Gasteiger partial charge in [0.25, 0.3) is 0 Å². The normalized spacial score (nSPS) is 18.1. The molecule has 1 unspecified atom stereocenters. The van der Waals surface area contributed by atoms with Gasteiger partial charge in [-0.25, -0.2) is 4.79 Å². The summed E-state index contributed by atoms with van der Waals surface area (Å²) in [6, 6.07) is 6.58. The molecule has 0 spiro atoms. The van der Waals surface area contributed by atoms with Crippen molar-refractivity contribution in [1.29, 1.82) is 0 Å². The lowest BCUT2D eigenvalue weighted by Crippen LogP contribution is -2.47. The summed E-state index contributed by atoms with van der Waals surface area (Å²) >= 11 is 0. The van der Waals surface area contributed by atoms with Gasteiger partial charge in [-0.15, -0.1) is 0 Å². The van der Waals surface area contributed by atoms with Crippen LogP contribution >= 0.6 is 0 Å². The van der Waals surface area contributed by atoms with Gasteiger partial charge >= 0.3 is 6.03 Å². The lowest BCUT2D eigenvalue weighted by molar-refractivity contribution is 0.157. The Morgan fingerprint density at radius 2 is 2.05 bits per heavy atom. The number of nitrogens with zero attached hydrogens (tertiary/aromatic N) is 1. The molecule has 122 valence electrons. The van der Waals surface area contributed by atoms with Crippen LogP contribution in [0.4, 0.5) is 4.79 Å². The fraction of sp³-hybridized carbons (Fsp3) is 0.611. The number of hydrogen-bond acceptors (Lipinski definition) is 2. The molecule has 0 aromatic heterocycles. The van der Waals surface area contributed by atoms with Gasteiger partial charge in [-0.2, -0.15) is 0 Å². The summed E-state index contributed by atoms with van der Waals surface area (Å²) < 4.78 is 5.85. The monoisotopic (exact) mass is 304 g/mol. The molecule has 0 aliphatic carbocycles. The van der Waals surface area contributed by atoms with Gasteiger partial charge < -0.3 is 15.0 Å². The molecule has 1 aromatic carbocycles. The van der Waals surface area contributed by atoms with Crippen LogP contribution in [-0.2, 0) is 0 Å². The molecule has 4 nitrogen and oxygen atoms in total. The third-order valence-electron chi connectivity index (χ3n) is 4.32. The van der Waals surface area contributed by atoms with Crippen LogP contribution in [0.1, 0.15) is 43.7 Å². The molecule has 0 bridgehead atoms. The van der Waals surface area contributed by atoms with Crippen LogP contribution in [0.2, 0.25) is 0 Å². The molecule has 1 heterocycles. The summed E-state index contributed by atoms with van der Waals surface area (Å²) in [6.07, 6.45) is 4.28. The Morgan fingerprint density at radius 3 is 2.73 bits per heavy atom. The van der Waals surface area contributed by atoms with E-state index in [-0.39, 0.29) is 6.03 Å². The van der Waals surface area contributed by atoms with Gasteiger partial charge in [0, 0.05) is 19.1 Å². The molecule has 1 aliphatic heterocycles. The van der Waals surface area contributed by atoms with Crippen LogP contribution in [0.25, 0.3) is 0 Å². The van der Waals surface area contributed by atoms with E-state index in [1.54, 1.807) is 0 Å². The predicted octanol–water partition coefficient (Wildman–Crippen LogP) is 3.66. The Balaban J connectivity index is 1.68. The van der Waals surface area contributed by atoms with E-state index in [9.17, 15) is 4.79 Å². The van der Waals surface area contributed by atoms with Crippen LogP contribution < -0.4 is 10.1 Å². The van der Waals surface area contributed by atoms with E-state index in [0.29, 0.717) is 19.2 Å². The Morgan fingerprint density at radius 1 is 1.32 bits per heavy atom. The number of benzene rings is 1. The van der Waals surface area contributed by atoms with Crippen molar-refractivity contribution in [2.24, 2.45) is 0 Å². The maximum absolute atomic E-state index is 12.1. The maximum atomic E-state index is 12.1. The number of urea groups is 1. The van der Waals surface area contributed by atoms with Crippen molar-refractivity contribution in [3.8, 4) is 5.75 Å². The molecule has 1 aliphatic rings. The zero-order valence-corrected chi connectivity index (χ0v) is 14.0. The average Bonchev–Trinajstić information content (AvgIpc) is 2.49. The Bertz CT molecular complexity index is 482. The Labute approximate surface area is 133 Å². The van der Waals surface area contributed by atoms with Crippen molar-refractivity contribution in [2.75, 3.05) is 19.7 Å². The first-order valence-corrected chi connectivity index (χ1v) is 8.33. The smallest absolute Gasteiger partial charge is 0.317 e. The number of carbonyl (C=O) groups is 1. The second-order valence-corrected chi connectivity index (χ2v) is 6.19. The first kappa shape index (κ1) is 16.7. The van der Waals surface area contributed by atoms with Gasteiger partial charge in [0.05, 0.1) is 6.61 Å². The number of likely N-dealkylation sites (tertiary alicyclic amines) is 1. The molecular weight excluding hydrogens is 276 g/mol. The second-order valence-electron chi connectivity index (χ2n) is 6.19. The number of amides is 2. The summed E-state index contributed by atoms with van der Waals surface area (Å²) in [6.45, 7) is 8.41. The summed E-state index contributed by atoms with van der Waals surface area (Å²) in [5, 5.41) is 3.01. The van der Waals surface area contributed by atoms with E-state index in [0.717, 1.165) is 42.7 Å². The molecule has 1 fully saturated rings. The zero-order valence-electron chi connectivity index (χ0n) is 14.0. The second kappa shape index (κ2) is 8.06. The number of ether oxygens (including phenoxy) is 1. The lowest BCUT2D eigenvalue weighted by Gasteiger charge is -2.33. The molecule has 0 radical (unpaired) electrons. The van der Waals surface area contributed by atoms with Gasteiger partial charge in [-0.05, 0) is 57.6 Å². The van der Waals surface area contributed by atoms with Crippen molar-refractivity contribution in [1.82, 2.24) is 10.2 Å². The lowest BCUT2D eigenvalue weighted by atomic mass is 10.0. The summed E-state index contributed by atoms with van der Waals surface area (Å²) in [5.74, 6) is 0.971.